The SMILES string of the molecule is CC(C)(C=O)c1ccc2occc2c1. The van der Waals surface area contributed by atoms with Gasteiger partial charge >= 0.3 is 0 Å². The summed E-state index contributed by atoms with van der Waals surface area (Å²) in [6.45, 7) is 3.81. The Kier molecular flexibility index (Phi) is 1.92. The monoisotopic (exact) mass is 188 g/mol. The van der Waals surface area contributed by atoms with Crippen molar-refractivity contribution in [3.63, 3.8) is 0 Å². The number of carbonyl (C=O) groups excluding carboxylic acids is 1. The molecule has 1 aromatic carbocycles. The molecule has 0 bridgehead atoms. The number of carbonyl (C=O) groups is 1. The van der Waals surface area contributed by atoms with Gasteiger partial charge in [0.25, 0.3) is 0 Å². The molecule has 0 aliphatic heterocycles. The smallest absolute Gasteiger partial charge is 0.133 e. The van der Waals surface area contributed by atoms with E-state index in [0.717, 1.165) is 22.8 Å². The van der Waals surface area contributed by atoms with Crippen molar-refractivity contribution in [2.45, 2.75) is 19.3 Å². The molecule has 0 aliphatic rings. The van der Waals surface area contributed by atoms with E-state index >= 15 is 0 Å². The van der Waals surface area contributed by atoms with Crippen LogP contribution >= 0.6 is 0 Å². The molecule has 0 atom stereocenters. The van der Waals surface area contributed by atoms with Crippen LogP contribution < -0.4 is 0 Å². The minimum atomic E-state index is -0.425. The third kappa shape index (κ3) is 1.33. The Balaban J connectivity index is 2.59. The van der Waals surface area contributed by atoms with Crippen LogP contribution in [0.4, 0.5) is 0 Å². The number of fused-ring (bicyclic) bond motifs is 1. The maximum atomic E-state index is 10.9. The van der Waals surface area contributed by atoms with Crippen LogP contribution in [0.5, 0.6) is 0 Å². The van der Waals surface area contributed by atoms with E-state index in [1.807, 2.05) is 38.1 Å². The largest absolute Gasteiger partial charge is 0.464 e. The Morgan fingerprint density at radius 2 is 2.07 bits per heavy atom. The number of furan rings is 1. The summed E-state index contributed by atoms with van der Waals surface area (Å²) in [7, 11) is 0. The summed E-state index contributed by atoms with van der Waals surface area (Å²) >= 11 is 0. The highest BCUT2D eigenvalue weighted by Crippen LogP contribution is 2.25. The van der Waals surface area contributed by atoms with Gasteiger partial charge in [0.15, 0.2) is 0 Å². The third-order valence-corrected chi connectivity index (χ3v) is 2.49. The molecule has 0 saturated carbocycles. The van der Waals surface area contributed by atoms with Crippen molar-refractivity contribution in [3.05, 3.63) is 36.1 Å². The highest BCUT2D eigenvalue weighted by molar-refractivity contribution is 5.80. The van der Waals surface area contributed by atoms with Gasteiger partial charge in [-0.2, -0.15) is 0 Å². The van der Waals surface area contributed by atoms with Gasteiger partial charge in [-0.3, -0.25) is 0 Å². The normalized spacial score (nSPS) is 11.9. The lowest BCUT2D eigenvalue weighted by Crippen LogP contribution is -2.18. The molecular weight excluding hydrogens is 176 g/mol. The molecule has 0 unspecified atom stereocenters. The highest BCUT2D eigenvalue weighted by atomic mass is 16.3. The standard InChI is InChI=1S/C12H12O2/c1-12(2,8-13)10-3-4-11-9(7-10)5-6-14-11/h3-8H,1-2H3. The lowest BCUT2D eigenvalue weighted by molar-refractivity contribution is -0.111. The van der Waals surface area contributed by atoms with E-state index in [-0.39, 0.29) is 0 Å². The van der Waals surface area contributed by atoms with Crippen molar-refractivity contribution in [1.82, 2.24) is 0 Å². The fourth-order valence-electron chi connectivity index (χ4n) is 1.44. The van der Waals surface area contributed by atoms with E-state index < -0.39 is 5.41 Å². The van der Waals surface area contributed by atoms with Gasteiger partial charge in [0.2, 0.25) is 0 Å². The second-order valence-electron chi connectivity index (χ2n) is 4.01. The molecule has 0 aliphatic carbocycles. The molecule has 0 spiro atoms. The van der Waals surface area contributed by atoms with Crippen molar-refractivity contribution >= 4 is 17.3 Å². The van der Waals surface area contributed by atoms with Gasteiger partial charge in [-0.05, 0) is 37.6 Å². The average Bonchev–Trinajstić information content (AvgIpc) is 2.64. The maximum Gasteiger partial charge on any atom is 0.133 e. The van der Waals surface area contributed by atoms with Gasteiger partial charge in [-0.1, -0.05) is 6.07 Å². The molecule has 72 valence electrons. The molecule has 0 N–H and O–H groups in total. The van der Waals surface area contributed by atoms with Crippen LogP contribution in [0, 0.1) is 0 Å². The summed E-state index contributed by atoms with van der Waals surface area (Å²) in [5, 5.41) is 1.04. The van der Waals surface area contributed by atoms with E-state index in [1.54, 1.807) is 6.26 Å². The number of benzene rings is 1. The summed E-state index contributed by atoms with van der Waals surface area (Å²) in [5.41, 5.74) is 1.45. The predicted molar refractivity (Wildman–Crippen MR) is 55.3 cm³/mol. The van der Waals surface area contributed by atoms with Crippen LogP contribution in [-0.2, 0) is 10.2 Å². The van der Waals surface area contributed by atoms with Crippen LogP contribution in [0.15, 0.2) is 34.9 Å². The second kappa shape index (κ2) is 2.98. The molecule has 2 rings (SSSR count). The predicted octanol–water partition coefficient (Wildman–Crippen LogP) is 2.91. The molecule has 2 nitrogen and oxygen atoms in total. The first kappa shape index (κ1) is 9.00. The number of hydrogen-bond acceptors (Lipinski definition) is 2. The molecule has 0 fully saturated rings. The molecule has 1 heterocycles. The lowest BCUT2D eigenvalue weighted by Gasteiger charge is -2.16. The van der Waals surface area contributed by atoms with Gasteiger partial charge in [0, 0.05) is 10.8 Å². The van der Waals surface area contributed by atoms with Crippen molar-refractivity contribution < 1.29 is 9.21 Å². The minimum Gasteiger partial charge on any atom is -0.464 e. The Labute approximate surface area is 82.5 Å². The zero-order valence-electron chi connectivity index (χ0n) is 8.28. The van der Waals surface area contributed by atoms with Gasteiger partial charge in [-0.25, -0.2) is 0 Å². The summed E-state index contributed by atoms with van der Waals surface area (Å²) in [4.78, 5) is 10.9. The quantitative estimate of drug-likeness (QED) is 0.678. The highest BCUT2D eigenvalue weighted by Gasteiger charge is 2.19. The maximum absolute atomic E-state index is 10.9. The van der Waals surface area contributed by atoms with Gasteiger partial charge in [-0.15, -0.1) is 0 Å². The van der Waals surface area contributed by atoms with Crippen LogP contribution in [0.2, 0.25) is 0 Å². The van der Waals surface area contributed by atoms with Crippen LogP contribution in [0.25, 0.3) is 11.0 Å². The first-order chi connectivity index (χ1) is 6.63. The van der Waals surface area contributed by atoms with Crippen molar-refractivity contribution in [3.8, 4) is 0 Å². The fourth-order valence-corrected chi connectivity index (χ4v) is 1.44. The molecular formula is C12H12O2. The zero-order chi connectivity index (χ0) is 10.2. The van der Waals surface area contributed by atoms with Crippen LogP contribution in [0.3, 0.4) is 0 Å². The number of hydrogen-bond donors (Lipinski definition) is 0. The topological polar surface area (TPSA) is 30.2 Å². The molecule has 1 aromatic heterocycles. The van der Waals surface area contributed by atoms with E-state index in [9.17, 15) is 4.79 Å². The first-order valence-electron chi connectivity index (χ1n) is 4.57. The number of aldehydes is 1. The first-order valence-corrected chi connectivity index (χ1v) is 4.57. The summed E-state index contributed by atoms with van der Waals surface area (Å²) in [6, 6.07) is 7.73. The molecule has 0 radical (unpaired) electrons. The van der Waals surface area contributed by atoms with E-state index in [1.165, 1.54) is 0 Å². The third-order valence-electron chi connectivity index (χ3n) is 2.49. The van der Waals surface area contributed by atoms with Crippen molar-refractivity contribution in [1.29, 1.82) is 0 Å². The average molecular weight is 188 g/mol. The number of rotatable bonds is 2. The molecule has 0 saturated heterocycles. The fraction of sp³-hybridized carbons (Fsp3) is 0.250. The second-order valence-corrected chi connectivity index (χ2v) is 4.01. The summed E-state index contributed by atoms with van der Waals surface area (Å²) in [6.07, 6.45) is 2.62. The summed E-state index contributed by atoms with van der Waals surface area (Å²) in [5.74, 6) is 0. The van der Waals surface area contributed by atoms with E-state index in [2.05, 4.69) is 0 Å². The Morgan fingerprint density at radius 1 is 1.29 bits per heavy atom. The van der Waals surface area contributed by atoms with Crippen molar-refractivity contribution in [2.24, 2.45) is 0 Å². The summed E-state index contributed by atoms with van der Waals surface area (Å²) < 4.78 is 5.23. The lowest BCUT2D eigenvalue weighted by atomic mass is 9.86. The van der Waals surface area contributed by atoms with E-state index in [0.29, 0.717) is 0 Å². The van der Waals surface area contributed by atoms with Gasteiger partial charge in [0.05, 0.1) is 6.26 Å². The van der Waals surface area contributed by atoms with Crippen LogP contribution in [0.1, 0.15) is 19.4 Å². The Morgan fingerprint density at radius 3 is 2.79 bits per heavy atom. The zero-order valence-corrected chi connectivity index (χ0v) is 8.28. The van der Waals surface area contributed by atoms with Crippen LogP contribution in [-0.4, -0.2) is 6.29 Å². The van der Waals surface area contributed by atoms with Gasteiger partial charge in [0.1, 0.15) is 11.9 Å². The Hall–Kier alpha value is -1.57. The molecule has 14 heavy (non-hydrogen) atoms. The minimum absolute atomic E-state index is 0.425. The van der Waals surface area contributed by atoms with Crippen molar-refractivity contribution in [2.75, 3.05) is 0 Å². The molecule has 2 heteroatoms. The Bertz CT molecular complexity index is 466. The molecule has 2 aromatic rings. The molecule has 0 amide bonds. The van der Waals surface area contributed by atoms with E-state index in [4.69, 9.17) is 4.42 Å². The van der Waals surface area contributed by atoms with Gasteiger partial charge < -0.3 is 9.21 Å².